The molecule has 0 fully saturated rings. The minimum Gasteiger partial charge on any atom is -0.496 e. The highest BCUT2D eigenvalue weighted by Crippen LogP contribution is 2.32. The fraction of sp³-hybridized carbons (Fsp3) is 0.118. The predicted molar refractivity (Wildman–Crippen MR) is 105 cm³/mol. The van der Waals surface area contributed by atoms with Gasteiger partial charge in [-0.1, -0.05) is 6.07 Å². The van der Waals surface area contributed by atoms with Gasteiger partial charge in [-0.05, 0) is 65.1 Å². The number of halogens is 3. The number of benzene rings is 2. The molecule has 0 unspecified atom stereocenters. The highest BCUT2D eigenvalue weighted by Gasteiger charge is 2.19. The summed E-state index contributed by atoms with van der Waals surface area (Å²) in [5.41, 5.74) is 0.893. The fourth-order valence-electron chi connectivity index (χ4n) is 2.53. The zero-order chi connectivity index (χ0) is 19.8. The van der Waals surface area contributed by atoms with Crippen LogP contribution >= 0.6 is 22.6 Å². The van der Waals surface area contributed by atoms with Crippen molar-refractivity contribution < 1.29 is 21.9 Å². The maximum Gasteiger partial charge on any atom is 0.282 e. The minimum absolute atomic E-state index is 0.135. The molecule has 0 saturated carbocycles. The van der Waals surface area contributed by atoms with Crippen molar-refractivity contribution in [1.82, 2.24) is 9.78 Å². The molecule has 0 saturated heterocycles. The van der Waals surface area contributed by atoms with Crippen LogP contribution in [0.4, 0.5) is 8.78 Å². The van der Waals surface area contributed by atoms with Gasteiger partial charge >= 0.3 is 0 Å². The average molecular weight is 505 g/mol. The third-order valence-corrected chi connectivity index (χ3v) is 5.54. The van der Waals surface area contributed by atoms with Gasteiger partial charge in [0, 0.05) is 5.56 Å². The monoisotopic (exact) mass is 505 g/mol. The number of hydrogen-bond acceptors (Lipinski definition) is 4. The van der Waals surface area contributed by atoms with Crippen LogP contribution in [0.1, 0.15) is 12.1 Å². The summed E-state index contributed by atoms with van der Waals surface area (Å²) in [4.78, 5) is -0.135. The van der Waals surface area contributed by atoms with Gasteiger partial charge in [-0.3, -0.25) is 0 Å². The normalized spacial score (nSPS) is 11.8. The summed E-state index contributed by atoms with van der Waals surface area (Å²) < 4.78 is 57.0. The first-order valence-electron chi connectivity index (χ1n) is 7.56. The standard InChI is InChI=1S/C17H14F2IN3O3S/c1-26-16-6-5-10(7-13(16)20)15-9-14(17(18)19)22-23(15)11-3-2-4-12(8-11)27(21,24)25/h2-9,17H,1H3,(H2,21,24,25). The molecule has 0 atom stereocenters. The van der Waals surface area contributed by atoms with E-state index in [4.69, 9.17) is 9.88 Å². The van der Waals surface area contributed by atoms with Crippen LogP contribution in [0.2, 0.25) is 0 Å². The van der Waals surface area contributed by atoms with Crippen LogP contribution in [0.15, 0.2) is 53.4 Å². The largest absolute Gasteiger partial charge is 0.496 e. The highest BCUT2D eigenvalue weighted by atomic mass is 127. The first kappa shape index (κ1) is 19.7. The Kier molecular flexibility index (Phi) is 5.49. The van der Waals surface area contributed by atoms with Crippen LogP contribution in [0.25, 0.3) is 16.9 Å². The number of primary sulfonamides is 1. The van der Waals surface area contributed by atoms with E-state index in [2.05, 4.69) is 27.7 Å². The second-order valence-corrected chi connectivity index (χ2v) is 8.28. The topological polar surface area (TPSA) is 87.2 Å². The maximum absolute atomic E-state index is 13.2. The van der Waals surface area contributed by atoms with E-state index in [1.165, 1.54) is 36.1 Å². The summed E-state index contributed by atoms with van der Waals surface area (Å²) in [7, 11) is -2.41. The second-order valence-electron chi connectivity index (χ2n) is 5.56. The fourth-order valence-corrected chi connectivity index (χ4v) is 3.82. The summed E-state index contributed by atoms with van der Waals surface area (Å²) in [5.74, 6) is 0.649. The molecule has 2 aromatic carbocycles. The molecular formula is C17H14F2IN3O3S. The zero-order valence-corrected chi connectivity index (χ0v) is 16.9. The van der Waals surface area contributed by atoms with Gasteiger partial charge in [0.2, 0.25) is 10.0 Å². The summed E-state index contributed by atoms with van der Waals surface area (Å²) in [5, 5.41) is 9.11. The molecule has 3 rings (SSSR count). The molecule has 0 aliphatic rings. The third kappa shape index (κ3) is 4.12. The predicted octanol–water partition coefficient (Wildman–Crippen LogP) is 3.74. The number of nitrogens with zero attached hydrogens (tertiary/aromatic N) is 2. The number of ether oxygens (including phenoxy) is 1. The molecule has 0 amide bonds. The number of methoxy groups -OCH3 is 1. The van der Waals surface area contributed by atoms with Crippen LogP contribution in [-0.4, -0.2) is 25.3 Å². The van der Waals surface area contributed by atoms with Crippen molar-refractivity contribution in [2.24, 2.45) is 5.14 Å². The molecule has 0 aliphatic heterocycles. The van der Waals surface area contributed by atoms with E-state index in [9.17, 15) is 17.2 Å². The molecule has 27 heavy (non-hydrogen) atoms. The highest BCUT2D eigenvalue weighted by molar-refractivity contribution is 14.1. The molecule has 1 heterocycles. The third-order valence-electron chi connectivity index (χ3n) is 3.79. The second kappa shape index (κ2) is 7.52. The van der Waals surface area contributed by atoms with E-state index < -0.39 is 22.1 Å². The Morgan fingerprint density at radius 2 is 1.93 bits per heavy atom. The van der Waals surface area contributed by atoms with E-state index in [0.717, 1.165) is 3.57 Å². The van der Waals surface area contributed by atoms with Gasteiger partial charge in [-0.15, -0.1) is 0 Å². The summed E-state index contributed by atoms with van der Waals surface area (Å²) >= 11 is 2.08. The quantitative estimate of drug-likeness (QED) is 0.536. The average Bonchev–Trinajstić information content (AvgIpc) is 3.07. The van der Waals surface area contributed by atoms with Gasteiger partial charge in [0.1, 0.15) is 11.4 Å². The molecule has 0 radical (unpaired) electrons. The van der Waals surface area contributed by atoms with E-state index >= 15 is 0 Å². The molecule has 0 aliphatic carbocycles. The van der Waals surface area contributed by atoms with Gasteiger partial charge in [0.25, 0.3) is 6.43 Å². The van der Waals surface area contributed by atoms with Gasteiger partial charge in [-0.2, -0.15) is 5.10 Å². The van der Waals surface area contributed by atoms with E-state index in [1.54, 1.807) is 24.3 Å². The molecule has 6 nitrogen and oxygen atoms in total. The van der Waals surface area contributed by atoms with E-state index in [0.29, 0.717) is 22.7 Å². The lowest BCUT2D eigenvalue weighted by Crippen LogP contribution is -2.12. The number of rotatable bonds is 5. The SMILES string of the molecule is COc1ccc(-c2cc(C(F)F)nn2-c2cccc(S(N)(=O)=O)c2)cc1I. The van der Waals surface area contributed by atoms with Crippen LogP contribution in [0.5, 0.6) is 5.75 Å². The molecule has 2 N–H and O–H groups in total. The van der Waals surface area contributed by atoms with E-state index in [1.807, 2.05) is 0 Å². The Bertz CT molecular complexity index is 1100. The Hall–Kier alpha value is -2.05. The Labute approximate surface area is 168 Å². The number of nitrogens with two attached hydrogens (primary N) is 1. The molecule has 10 heteroatoms. The van der Waals surface area contributed by atoms with Gasteiger partial charge < -0.3 is 4.74 Å². The minimum atomic E-state index is -3.94. The number of hydrogen-bond donors (Lipinski definition) is 1. The number of aromatic nitrogens is 2. The first-order valence-corrected chi connectivity index (χ1v) is 10.2. The van der Waals surface area contributed by atoms with Crippen molar-refractivity contribution in [2.45, 2.75) is 11.3 Å². The van der Waals surface area contributed by atoms with Crippen molar-refractivity contribution in [3.8, 4) is 22.7 Å². The van der Waals surface area contributed by atoms with Crippen molar-refractivity contribution in [3.63, 3.8) is 0 Å². The molecule has 1 aromatic heterocycles. The van der Waals surface area contributed by atoms with Crippen LogP contribution in [0, 0.1) is 3.57 Å². The lowest BCUT2D eigenvalue weighted by Gasteiger charge is -2.10. The molecule has 0 bridgehead atoms. The van der Waals surface area contributed by atoms with Crippen LogP contribution in [0.3, 0.4) is 0 Å². The molecular weight excluding hydrogens is 491 g/mol. The van der Waals surface area contributed by atoms with E-state index in [-0.39, 0.29) is 4.90 Å². The van der Waals surface area contributed by atoms with Crippen molar-refractivity contribution in [2.75, 3.05) is 7.11 Å². The number of sulfonamides is 1. The number of alkyl halides is 2. The summed E-state index contributed by atoms with van der Waals surface area (Å²) in [6, 6.07) is 12.1. The molecule has 142 valence electrons. The Morgan fingerprint density at radius 1 is 1.19 bits per heavy atom. The van der Waals surface area contributed by atoms with Crippen molar-refractivity contribution in [3.05, 3.63) is 57.8 Å². The van der Waals surface area contributed by atoms with Crippen molar-refractivity contribution in [1.29, 1.82) is 0 Å². The Balaban J connectivity index is 2.21. The maximum atomic E-state index is 13.2. The van der Waals surface area contributed by atoms with Gasteiger partial charge in [0.15, 0.2) is 0 Å². The van der Waals surface area contributed by atoms with Gasteiger partial charge in [-0.25, -0.2) is 27.0 Å². The lowest BCUT2D eigenvalue weighted by atomic mass is 10.1. The lowest BCUT2D eigenvalue weighted by molar-refractivity contribution is 0.145. The van der Waals surface area contributed by atoms with Gasteiger partial charge in [0.05, 0.1) is 27.0 Å². The summed E-state index contributed by atoms with van der Waals surface area (Å²) in [6.45, 7) is 0. The summed E-state index contributed by atoms with van der Waals surface area (Å²) in [6.07, 6.45) is -2.77. The zero-order valence-electron chi connectivity index (χ0n) is 13.9. The van der Waals surface area contributed by atoms with Crippen LogP contribution in [-0.2, 0) is 10.0 Å². The Morgan fingerprint density at radius 3 is 2.52 bits per heavy atom. The van der Waals surface area contributed by atoms with Crippen LogP contribution < -0.4 is 9.88 Å². The first-order chi connectivity index (χ1) is 12.7. The smallest absolute Gasteiger partial charge is 0.282 e. The molecule has 3 aromatic rings. The molecule has 0 spiro atoms. The van der Waals surface area contributed by atoms with Crippen molar-refractivity contribution >= 4 is 32.6 Å².